The summed E-state index contributed by atoms with van der Waals surface area (Å²) in [7, 11) is 1.81. The number of non-ortho nitro benzene ring substituents is 1. The maximum atomic E-state index is 12.2. The number of nitrogens with zero attached hydrogens (tertiary/aromatic N) is 4. The summed E-state index contributed by atoms with van der Waals surface area (Å²) in [5.41, 5.74) is 2.50. The number of benzene rings is 2. The van der Waals surface area contributed by atoms with Gasteiger partial charge in [-0.05, 0) is 31.5 Å². The third-order valence-corrected chi connectivity index (χ3v) is 5.31. The fourth-order valence-electron chi connectivity index (χ4n) is 2.72. The fraction of sp³-hybridized carbons (Fsp3) is 0.250. The predicted octanol–water partition coefficient (Wildman–Crippen LogP) is 3.65. The summed E-state index contributed by atoms with van der Waals surface area (Å²) in [6, 6.07) is 11.8. The Balaban J connectivity index is 1.55. The minimum Gasteiger partial charge on any atom is -0.485 e. The molecule has 1 aromatic heterocycles. The monoisotopic (exact) mass is 427 g/mol. The minimum atomic E-state index is -0.508. The molecule has 0 radical (unpaired) electrons. The second-order valence-corrected chi connectivity index (χ2v) is 7.60. The smallest absolute Gasteiger partial charge is 0.271 e. The number of nitro benzene ring substituents is 1. The van der Waals surface area contributed by atoms with E-state index in [1.807, 2.05) is 39.1 Å². The van der Waals surface area contributed by atoms with E-state index < -0.39 is 4.92 Å². The lowest BCUT2D eigenvalue weighted by atomic mass is 10.1. The summed E-state index contributed by atoms with van der Waals surface area (Å²) < 4.78 is 7.61. The lowest BCUT2D eigenvalue weighted by Gasteiger charge is -2.09. The number of carbonyl (C=O) groups excluding carboxylic acids is 1. The number of aryl methyl sites for hydroxylation is 2. The highest BCUT2D eigenvalue weighted by Gasteiger charge is 2.13. The number of hydrogen-bond donors (Lipinski definition) is 1. The Labute approximate surface area is 177 Å². The highest BCUT2D eigenvalue weighted by Crippen LogP contribution is 2.22. The van der Waals surface area contributed by atoms with E-state index in [0.717, 1.165) is 11.3 Å². The van der Waals surface area contributed by atoms with Crippen LogP contribution in [0.25, 0.3) is 0 Å². The van der Waals surface area contributed by atoms with Crippen molar-refractivity contribution < 1.29 is 14.5 Å². The van der Waals surface area contributed by atoms with Gasteiger partial charge < -0.3 is 14.6 Å². The van der Waals surface area contributed by atoms with Crippen LogP contribution in [0, 0.1) is 24.0 Å². The Morgan fingerprint density at radius 1 is 1.23 bits per heavy atom. The molecule has 10 heteroatoms. The molecule has 0 unspecified atom stereocenters. The van der Waals surface area contributed by atoms with Crippen LogP contribution in [0.4, 0.5) is 11.4 Å². The van der Waals surface area contributed by atoms with Gasteiger partial charge in [0.2, 0.25) is 5.91 Å². The van der Waals surface area contributed by atoms with Gasteiger partial charge in [0.1, 0.15) is 12.4 Å². The normalized spacial score (nSPS) is 10.6. The second-order valence-electron chi connectivity index (χ2n) is 6.66. The van der Waals surface area contributed by atoms with Crippen molar-refractivity contribution in [2.75, 3.05) is 11.1 Å². The highest BCUT2D eigenvalue weighted by atomic mass is 32.2. The summed E-state index contributed by atoms with van der Waals surface area (Å²) in [5, 5.41) is 22.3. The molecule has 0 aliphatic heterocycles. The van der Waals surface area contributed by atoms with Crippen molar-refractivity contribution in [3.63, 3.8) is 0 Å². The number of hydrogen-bond acceptors (Lipinski definition) is 7. The van der Waals surface area contributed by atoms with Crippen LogP contribution in [0.5, 0.6) is 5.75 Å². The number of carbonyl (C=O) groups is 1. The summed E-state index contributed by atoms with van der Waals surface area (Å²) in [6.07, 6.45) is 0. The largest absolute Gasteiger partial charge is 0.485 e. The molecule has 0 aliphatic carbocycles. The third-order valence-electron chi connectivity index (χ3n) is 4.29. The molecular formula is C20H21N5O4S. The van der Waals surface area contributed by atoms with Crippen LogP contribution in [0.15, 0.2) is 47.6 Å². The van der Waals surface area contributed by atoms with Crippen molar-refractivity contribution in [3.05, 3.63) is 69.5 Å². The maximum Gasteiger partial charge on any atom is 0.271 e. The van der Waals surface area contributed by atoms with E-state index in [1.54, 1.807) is 10.6 Å². The molecule has 2 aromatic carbocycles. The van der Waals surface area contributed by atoms with Gasteiger partial charge in [-0.15, -0.1) is 10.2 Å². The van der Waals surface area contributed by atoms with Gasteiger partial charge in [0.25, 0.3) is 5.69 Å². The van der Waals surface area contributed by atoms with Crippen LogP contribution in [-0.4, -0.2) is 31.3 Å². The maximum absolute atomic E-state index is 12.2. The Morgan fingerprint density at radius 2 is 2.03 bits per heavy atom. The van der Waals surface area contributed by atoms with Crippen LogP contribution in [0.3, 0.4) is 0 Å². The Morgan fingerprint density at radius 3 is 2.77 bits per heavy atom. The Bertz CT molecular complexity index is 1080. The standard InChI is InChI=1S/C20H21N5O4S/c1-13-7-8-17(14(2)9-13)29-11-18-22-23-20(24(18)3)30-12-19(26)21-15-5-4-6-16(10-15)25(27)28/h4-10H,11-12H2,1-3H3,(H,21,26). The van der Waals surface area contributed by atoms with Crippen molar-refractivity contribution in [1.29, 1.82) is 0 Å². The molecule has 1 amide bonds. The number of amides is 1. The zero-order valence-electron chi connectivity index (χ0n) is 16.8. The number of anilines is 1. The average molecular weight is 427 g/mol. The Kier molecular flexibility index (Phi) is 6.68. The van der Waals surface area contributed by atoms with Crippen molar-refractivity contribution in [1.82, 2.24) is 14.8 Å². The number of nitrogens with one attached hydrogen (secondary N) is 1. The molecule has 0 fully saturated rings. The van der Waals surface area contributed by atoms with Crippen molar-refractivity contribution >= 4 is 29.0 Å². The van der Waals surface area contributed by atoms with E-state index in [0.29, 0.717) is 16.7 Å². The summed E-state index contributed by atoms with van der Waals surface area (Å²) in [4.78, 5) is 22.5. The molecule has 0 saturated carbocycles. The Hall–Kier alpha value is -3.40. The van der Waals surface area contributed by atoms with E-state index in [9.17, 15) is 14.9 Å². The van der Waals surface area contributed by atoms with E-state index in [-0.39, 0.29) is 24.0 Å². The van der Waals surface area contributed by atoms with Crippen LogP contribution in [0.2, 0.25) is 0 Å². The molecular weight excluding hydrogens is 406 g/mol. The zero-order valence-corrected chi connectivity index (χ0v) is 17.6. The van der Waals surface area contributed by atoms with Crippen molar-refractivity contribution in [2.45, 2.75) is 25.6 Å². The van der Waals surface area contributed by atoms with Gasteiger partial charge in [-0.3, -0.25) is 14.9 Å². The molecule has 1 N–H and O–H groups in total. The van der Waals surface area contributed by atoms with E-state index in [4.69, 9.17) is 4.74 Å². The van der Waals surface area contributed by atoms with Crippen LogP contribution in [-0.2, 0) is 18.4 Å². The molecule has 0 bridgehead atoms. The molecule has 156 valence electrons. The molecule has 3 aromatic rings. The first-order chi connectivity index (χ1) is 14.3. The lowest BCUT2D eigenvalue weighted by Crippen LogP contribution is -2.14. The van der Waals surface area contributed by atoms with Crippen molar-refractivity contribution in [2.24, 2.45) is 7.05 Å². The minimum absolute atomic E-state index is 0.0813. The number of thioether (sulfide) groups is 1. The van der Waals surface area contributed by atoms with Gasteiger partial charge in [-0.2, -0.15) is 0 Å². The number of nitro groups is 1. The van der Waals surface area contributed by atoms with Gasteiger partial charge in [-0.1, -0.05) is 35.5 Å². The van der Waals surface area contributed by atoms with Gasteiger partial charge in [0.15, 0.2) is 11.0 Å². The zero-order chi connectivity index (χ0) is 21.7. The van der Waals surface area contributed by atoms with Gasteiger partial charge in [0.05, 0.1) is 10.7 Å². The summed E-state index contributed by atoms with van der Waals surface area (Å²) in [6.45, 7) is 4.27. The second kappa shape index (κ2) is 9.40. The molecule has 3 rings (SSSR count). The van der Waals surface area contributed by atoms with E-state index in [1.165, 1.54) is 35.5 Å². The summed E-state index contributed by atoms with van der Waals surface area (Å²) >= 11 is 1.22. The first kappa shape index (κ1) is 21.3. The lowest BCUT2D eigenvalue weighted by molar-refractivity contribution is -0.384. The van der Waals surface area contributed by atoms with Gasteiger partial charge >= 0.3 is 0 Å². The number of rotatable bonds is 8. The van der Waals surface area contributed by atoms with Crippen LogP contribution in [0.1, 0.15) is 17.0 Å². The SMILES string of the molecule is Cc1ccc(OCc2nnc(SCC(=O)Nc3cccc([N+](=O)[O-])c3)n2C)c(C)c1. The van der Waals surface area contributed by atoms with Gasteiger partial charge in [0, 0.05) is 24.9 Å². The van der Waals surface area contributed by atoms with Gasteiger partial charge in [-0.25, -0.2) is 0 Å². The van der Waals surface area contributed by atoms with Crippen LogP contribution < -0.4 is 10.1 Å². The van der Waals surface area contributed by atoms with E-state index in [2.05, 4.69) is 15.5 Å². The molecule has 0 saturated heterocycles. The molecule has 1 heterocycles. The average Bonchev–Trinajstić information content (AvgIpc) is 3.05. The van der Waals surface area contributed by atoms with Crippen molar-refractivity contribution in [3.8, 4) is 5.75 Å². The first-order valence-corrected chi connectivity index (χ1v) is 10.1. The fourth-order valence-corrected chi connectivity index (χ4v) is 3.45. The topological polar surface area (TPSA) is 112 Å². The molecule has 0 atom stereocenters. The summed E-state index contributed by atoms with van der Waals surface area (Å²) in [5.74, 6) is 1.22. The predicted molar refractivity (Wildman–Crippen MR) is 114 cm³/mol. The number of aromatic nitrogens is 3. The highest BCUT2D eigenvalue weighted by molar-refractivity contribution is 7.99. The van der Waals surface area contributed by atoms with Crippen LogP contribution >= 0.6 is 11.8 Å². The molecule has 0 spiro atoms. The van der Waals surface area contributed by atoms with E-state index >= 15 is 0 Å². The molecule has 0 aliphatic rings. The molecule has 30 heavy (non-hydrogen) atoms. The first-order valence-electron chi connectivity index (χ1n) is 9.09. The third kappa shape index (κ3) is 5.35. The quantitative estimate of drug-likeness (QED) is 0.332. The molecule has 9 nitrogen and oxygen atoms in total. The number of ether oxygens (including phenoxy) is 1.